The first-order valence-electron chi connectivity index (χ1n) is 8.49. The number of aliphatic hydroxyl groups excluding tert-OH is 1. The molecule has 1 heterocycles. The van der Waals surface area contributed by atoms with E-state index in [0.29, 0.717) is 18.2 Å². The lowest BCUT2D eigenvalue weighted by Crippen LogP contribution is -2.36. The van der Waals surface area contributed by atoms with E-state index in [1.165, 1.54) is 0 Å². The molecule has 1 aliphatic heterocycles. The highest BCUT2D eigenvalue weighted by molar-refractivity contribution is 5.94. The number of likely N-dealkylation sites (N-methyl/N-ethyl adjacent to an activating group) is 1. The molecule has 23 heavy (non-hydrogen) atoms. The first-order chi connectivity index (χ1) is 11.0. The van der Waals surface area contributed by atoms with Gasteiger partial charge in [-0.15, -0.1) is 0 Å². The molecule has 128 valence electrons. The maximum atomic E-state index is 12.2. The highest BCUT2D eigenvalue weighted by Gasteiger charge is 2.17. The highest BCUT2D eigenvalue weighted by atomic mass is 16.3. The van der Waals surface area contributed by atoms with Gasteiger partial charge in [-0.2, -0.15) is 0 Å². The molecule has 0 spiro atoms. The van der Waals surface area contributed by atoms with Gasteiger partial charge in [0, 0.05) is 43.5 Å². The minimum absolute atomic E-state index is 0.0252. The van der Waals surface area contributed by atoms with Gasteiger partial charge >= 0.3 is 0 Å². The number of hydrogen-bond acceptors (Lipinski definition) is 4. The summed E-state index contributed by atoms with van der Waals surface area (Å²) in [5.74, 6) is -0.0252. The number of anilines is 1. The molecule has 1 aliphatic rings. The molecule has 0 aliphatic carbocycles. The summed E-state index contributed by atoms with van der Waals surface area (Å²) in [6.07, 6.45) is 1.46. The maximum absolute atomic E-state index is 12.2. The number of aliphatic hydroxyl groups is 1. The van der Waals surface area contributed by atoms with Crippen LogP contribution in [0.4, 0.5) is 5.69 Å². The molecular weight excluding hydrogens is 290 g/mol. The quantitative estimate of drug-likeness (QED) is 0.838. The number of carbonyl (C=O) groups excluding carboxylic acids is 1. The summed E-state index contributed by atoms with van der Waals surface area (Å²) < 4.78 is 0. The normalized spacial score (nSPS) is 16.2. The zero-order chi connectivity index (χ0) is 16.8. The van der Waals surface area contributed by atoms with Gasteiger partial charge < -0.3 is 20.2 Å². The van der Waals surface area contributed by atoms with Gasteiger partial charge in [0.1, 0.15) is 0 Å². The van der Waals surface area contributed by atoms with Crippen molar-refractivity contribution < 1.29 is 9.90 Å². The Morgan fingerprint density at radius 3 is 2.48 bits per heavy atom. The Bertz CT molecular complexity index is 493. The summed E-state index contributed by atoms with van der Waals surface area (Å²) in [4.78, 5) is 16.6. The lowest BCUT2D eigenvalue weighted by atomic mass is 10.1. The van der Waals surface area contributed by atoms with Gasteiger partial charge in [-0.05, 0) is 58.0 Å². The summed E-state index contributed by atoms with van der Waals surface area (Å²) in [5.41, 5.74) is 1.81. The van der Waals surface area contributed by atoms with Crippen LogP contribution in [0.3, 0.4) is 0 Å². The third kappa shape index (κ3) is 5.22. The molecule has 2 N–H and O–H groups in total. The molecule has 1 amide bonds. The molecule has 0 unspecified atom stereocenters. The molecule has 5 nitrogen and oxygen atoms in total. The molecule has 1 aromatic carbocycles. The van der Waals surface area contributed by atoms with Gasteiger partial charge in [-0.3, -0.25) is 4.79 Å². The van der Waals surface area contributed by atoms with Crippen LogP contribution in [0.2, 0.25) is 0 Å². The van der Waals surface area contributed by atoms with Crippen molar-refractivity contribution >= 4 is 11.6 Å². The molecule has 0 atom stereocenters. The lowest BCUT2D eigenvalue weighted by molar-refractivity contribution is 0.0948. The fourth-order valence-electron chi connectivity index (χ4n) is 2.65. The van der Waals surface area contributed by atoms with Gasteiger partial charge in [0.05, 0.1) is 6.10 Å². The Balaban J connectivity index is 1.83. The van der Waals surface area contributed by atoms with E-state index in [1.807, 2.05) is 24.3 Å². The molecule has 0 saturated carbocycles. The molecule has 1 fully saturated rings. The Kier molecular flexibility index (Phi) is 6.42. The van der Waals surface area contributed by atoms with E-state index >= 15 is 0 Å². The van der Waals surface area contributed by atoms with Crippen molar-refractivity contribution in [1.29, 1.82) is 0 Å². The SMILES string of the molecule is CC(C)N(C)CCNC(=O)c1ccc(N2CCC(O)CC2)cc1. The van der Waals surface area contributed by atoms with Crippen molar-refractivity contribution in [3.63, 3.8) is 0 Å². The van der Waals surface area contributed by atoms with E-state index in [9.17, 15) is 9.90 Å². The van der Waals surface area contributed by atoms with Crippen molar-refractivity contribution in [3.8, 4) is 0 Å². The topological polar surface area (TPSA) is 55.8 Å². The van der Waals surface area contributed by atoms with E-state index in [1.54, 1.807) is 0 Å². The summed E-state index contributed by atoms with van der Waals surface area (Å²) in [6, 6.07) is 8.22. The molecule has 1 saturated heterocycles. The van der Waals surface area contributed by atoms with Crippen molar-refractivity contribution in [2.24, 2.45) is 0 Å². The number of rotatable bonds is 6. The second-order valence-electron chi connectivity index (χ2n) is 6.60. The lowest BCUT2D eigenvalue weighted by Gasteiger charge is -2.31. The standard InChI is InChI=1S/C18H29N3O2/c1-14(2)20(3)13-10-19-18(23)15-4-6-16(7-5-15)21-11-8-17(22)9-12-21/h4-7,14,17,22H,8-13H2,1-3H3,(H,19,23). The third-order valence-electron chi connectivity index (χ3n) is 4.59. The van der Waals surface area contributed by atoms with Gasteiger partial charge in [0.2, 0.25) is 0 Å². The van der Waals surface area contributed by atoms with Crippen molar-refractivity contribution in [3.05, 3.63) is 29.8 Å². The van der Waals surface area contributed by atoms with Crippen LogP contribution >= 0.6 is 0 Å². The van der Waals surface area contributed by atoms with Gasteiger partial charge in [-0.1, -0.05) is 0 Å². The second-order valence-corrected chi connectivity index (χ2v) is 6.60. The van der Waals surface area contributed by atoms with Crippen molar-refractivity contribution in [1.82, 2.24) is 10.2 Å². The van der Waals surface area contributed by atoms with Crippen LogP contribution in [0.15, 0.2) is 24.3 Å². The number of benzene rings is 1. The summed E-state index contributed by atoms with van der Waals surface area (Å²) in [5, 5.41) is 12.5. The predicted molar refractivity (Wildman–Crippen MR) is 94.0 cm³/mol. The highest BCUT2D eigenvalue weighted by Crippen LogP contribution is 2.20. The molecule has 2 rings (SSSR count). The number of piperidine rings is 1. The number of hydrogen-bond donors (Lipinski definition) is 2. The zero-order valence-electron chi connectivity index (χ0n) is 14.5. The zero-order valence-corrected chi connectivity index (χ0v) is 14.5. The van der Waals surface area contributed by atoms with Crippen molar-refractivity contribution in [2.75, 3.05) is 38.1 Å². The number of nitrogens with one attached hydrogen (secondary N) is 1. The molecule has 0 aromatic heterocycles. The van der Waals surface area contributed by atoms with Crippen LogP contribution in [0.1, 0.15) is 37.0 Å². The van der Waals surface area contributed by atoms with Crippen LogP contribution in [-0.4, -0.2) is 61.3 Å². The van der Waals surface area contributed by atoms with Crippen LogP contribution < -0.4 is 10.2 Å². The third-order valence-corrected chi connectivity index (χ3v) is 4.59. The molecule has 1 aromatic rings. The van der Waals surface area contributed by atoms with Gasteiger partial charge in [0.25, 0.3) is 5.91 Å². The fraction of sp³-hybridized carbons (Fsp3) is 0.611. The largest absolute Gasteiger partial charge is 0.393 e. The number of carbonyl (C=O) groups is 1. The van der Waals surface area contributed by atoms with E-state index in [0.717, 1.165) is 38.2 Å². The van der Waals surface area contributed by atoms with Crippen molar-refractivity contribution in [2.45, 2.75) is 38.8 Å². The summed E-state index contributed by atoms with van der Waals surface area (Å²) >= 11 is 0. The van der Waals surface area contributed by atoms with Crippen LogP contribution in [0.5, 0.6) is 0 Å². The smallest absolute Gasteiger partial charge is 0.251 e. The minimum atomic E-state index is -0.166. The van der Waals surface area contributed by atoms with E-state index in [-0.39, 0.29) is 12.0 Å². The molecule has 0 radical (unpaired) electrons. The van der Waals surface area contributed by atoms with Crippen LogP contribution in [-0.2, 0) is 0 Å². The maximum Gasteiger partial charge on any atom is 0.251 e. The Morgan fingerprint density at radius 1 is 1.30 bits per heavy atom. The summed E-state index contributed by atoms with van der Waals surface area (Å²) in [6.45, 7) is 7.51. The summed E-state index contributed by atoms with van der Waals surface area (Å²) in [7, 11) is 2.06. The Labute approximate surface area is 139 Å². The number of amides is 1. The van der Waals surface area contributed by atoms with Gasteiger partial charge in [-0.25, -0.2) is 0 Å². The van der Waals surface area contributed by atoms with Crippen LogP contribution in [0.25, 0.3) is 0 Å². The van der Waals surface area contributed by atoms with E-state index in [4.69, 9.17) is 0 Å². The number of nitrogens with zero attached hydrogens (tertiary/aromatic N) is 2. The molecule has 0 bridgehead atoms. The first-order valence-corrected chi connectivity index (χ1v) is 8.49. The van der Waals surface area contributed by atoms with Crippen LogP contribution in [0, 0.1) is 0 Å². The Morgan fingerprint density at radius 2 is 1.91 bits per heavy atom. The minimum Gasteiger partial charge on any atom is -0.393 e. The first kappa shape index (κ1) is 17.8. The fourth-order valence-corrected chi connectivity index (χ4v) is 2.65. The Hall–Kier alpha value is -1.59. The van der Waals surface area contributed by atoms with E-state index < -0.39 is 0 Å². The van der Waals surface area contributed by atoms with E-state index in [2.05, 4.69) is 36.0 Å². The average Bonchev–Trinajstić information content (AvgIpc) is 2.55. The average molecular weight is 319 g/mol. The predicted octanol–water partition coefficient (Wildman–Crippen LogP) is 1.72. The second kappa shape index (κ2) is 8.31. The molecular formula is C18H29N3O2. The van der Waals surface area contributed by atoms with Gasteiger partial charge in [0.15, 0.2) is 0 Å². The monoisotopic (exact) mass is 319 g/mol. The molecule has 5 heteroatoms.